The van der Waals surface area contributed by atoms with Crippen molar-refractivity contribution in [1.82, 2.24) is 9.99 Å². The zero-order valence-electron chi connectivity index (χ0n) is 17.0. The maximum atomic E-state index is 12.3. The van der Waals surface area contributed by atoms with Crippen molar-refractivity contribution >= 4 is 47.1 Å². The Hall–Kier alpha value is -2.21. The topological polar surface area (TPSA) is 46.4 Å². The molecule has 1 amide bonds. The van der Waals surface area contributed by atoms with Crippen LogP contribution in [0.5, 0.6) is 0 Å². The molecular weight excluding hydrogens is 437 g/mol. The Balaban J connectivity index is 1.65. The minimum atomic E-state index is -0.208. The fourth-order valence-corrected chi connectivity index (χ4v) is 4.30. The van der Waals surface area contributed by atoms with E-state index in [1.54, 1.807) is 24.0 Å². The highest BCUT2D eigenvalue weighted by atomic mass is 35.5. The number of carbonyl (C=O) groups excluding carboxylic acids is 1. The third-order valence-electron chi connectivity index (χ3n) is 4.73. The molecule has 0 fully saturated rings. The number of aryl methyl sites for hydroxylation is 1. The predicted octanol–water partition coefficient (Wildman–Crippen LogP) is 6.17. The van der Waals surface area contributed by atoms with E-state index in [4.69, 9.17) is 23.2 Å². The molecular formula is C23H23Cl2N3OS. The second kappa shape index (κ2) is 10.2. The van der Waals surface area contributed by atoms with Crippen LogP contribution in [-0.4, -0.2) is 21.9 Å². The highest BCUT2D eigenvalue weighted by Gasteiger charge is 2.15. The predicted molar refractivity (Wildman–Crippen MR) is 128 cm³/mol. The third-order valence-corrected chi connectivity index (χ3v) is 6.76. The monoisotopic (exact) mass is 459 g/mol. The van der Waals surface area contributed by atoms with Crippen molar-refractivity contribution in [3.05, 3.63) is 87.2 Å². The lowest BCUT2D eigenvalue weighted by atomic mass is 10.2. The number of hydrazone groups is 1. The molecule has 1 N–H and O–H groups in total. The van der Waals surface area contributed by atoms with Crippen molar-refractivity contribution in [2.45, 2.75) is 31.8 Å². The summed E-state index contributed by atoms with van der Waals surface area (Å²) >= 11 is 14.1. The van der Waals surface area contributed by atoms with Gasteiger partial charge in [-0.25, -0.2) is 5.43 Å². The first-order valence-corrected chi connectivity index (χ1v) is 11.3. The molecule has 4 nitrogen and oxygen atoms in total. The van der Waals surface area contributed by atoms with Gasteiger partial charge in [-0.1, -0.05) is 59.6 Å². The number of halogens is 2. The molecule has 0 bridgehead atoms. The number of amides is 1. The van der Waals surface area contributed by atoms with E-state index in [1.807, 2.05) is 61.7 Å². The maximum Gasteiger partial charge on any atom is 0.252 e. The normalized spacial score (nSPS) is 12.3. The average molecular weight is 460 g/mol. The average Bonchev–Trinajstić information content (AvgIpc) is 3.02. The molecule has 3 aromatic rings. The molecule has 7 heteroatoms. The van der Waals surface area contributed by atoms with Gasteiger partial charge >= 0.3 is 0 Å². The Labute approximate surface area is 191 Å². The number of nitrogens with one attached hydrogen (secondary N) is 1. The number of rotatable bonds is 7. The molecule has 1 aromatic heterocycles. The van der Waals surface area contributed by atoms with E-state index >= 15 is 0 Å². The first-order chi connectivity index (χ1) is 14.4. The third kappa shape index (κ3) is 5.28. The van der Waals surface area contributed by atoms with Gasteiger partial charge in [0, 0.05) is 22.7 Å². The summed E-state index contributed by atoms with van der Waals surface area (Å²) in [5, 5.41) is 4.96. The summed E-state index contributed by atoms with van der Waals surface area (Å²) in [7, 11) is 0. The van der Waals surface area contributed by atoms with Crippen molar-refractivity contribution in [2.24, 2.45) is 5.10 Å². The minimum Gasteiger partial charge on any atom is -0.316 e. The standard InChI is InChI=1S/C23H23Cl2N3OS/c1-15-12-19(16(2)28(15)21-11-7-10-20(24)22(21)25)13-26-27-23(29)17(3)30-14-18-8-5-4-6-9-18/h4-13,17H,14H2,1-3H3,(H,27,29)/b26-13+. The van der Waals surface area contributed by atoms with Crippen molar-refractivity contribution in [3.8, 4) is 5.69 Å². The van der Waals surface area contributed by atoms with E-state index in [0.717, 1.165) is 28.4 Å². The molecule has 0 aliphatic heterocycles. The van der Waals surface area contributed by atoms with Crippen LogP contribution in [0.3, 0.4) is 0 Å². The van der Waals surface area contributed by atoms with Gasteiger partial charge in [0.15, 0.2) is 0 Å². The van der Waals surface area contributed by atoms with E-state index < -0.39 is 0 Å². The van der Waals surface area contributed by atoms with E-state index in [1.165, 1.54) is 5.56 Å². The van der Waals surface area contributed by atoms with Crippen LogP contribution in [0.2, 0.25) is 10.0 Å². The Morgan fingerprint density at radius 1 is 1.17 bits per heavy atom. The van der Waals surface area contributed by atoms with Crippen molar-refractivity contribution in [2.75, 3.05) is 0 Å². The quantitative estimate of drug-likeness (QED) is 0.338. The van der Waals surface area contributed by atoms with E-state index in [2.05, 4.69) is 22.7 Å². The van der Waals surface area contributed by atoms with Gasteiger partial charge in [0.05, 0.1) is 27.2 Å². The highest BCUT2D eigenvalue weighted by Crippen LogP contribution is 2.31. The Kier molecular flexibility index (Phi) is 7.64. The summed E-state index contributed by atoms with van der Waals surface area (Å²) in [5.74, 6) is 0.652. The van der Waals surface area contributed by atoms with Crippen LogP contribution in [0, 0.1) is 13.8 Å². The molecule has 3 rings (SSSR count). The Morgan fingerprint density at radius 3 is 2.63 bits per heavy atom. The lowest BCUT2D eigenvalue weighted by molar-refractivity contribution is -0.120. The zero-order valence-corrected chi connectivity index (χ0v) is 19.4. The van der Waals surface area contributed by atoms with Crippen LogP contribution in [-0.2, 0) is 10.5 Å². The van der Waals surface area contributed by atoms with Crippen LogP contribution in [0.15, 0.2) is 59.7 Å². The van der Waals surface area contributed by atoms with Gasteiger partial charge < -0.3 is 4.57 Å². The number of hydrogen-bond donors (Lipinski definition) is 1. The summed E-state index contributed by atoms with van der Waals surface area (Å²) in [5.41, 5.74) is 7.50. The van der Waals surface area contributed by atoms with Gasteiger partial charge in [-0.05, 0) is 44.5 Å². The second-order valence-corrected chi connectivity index (χ2v) is 9.02. The zero-order chi connectivity index (χ0) is 21.7. The van der Waals surface area contributed by atoms with Crippen molar-refractivity contribution < 1.29 is 4.79 Å². The molecule has 30 heavy (non-hydrogen) atoms. The van der Waals surface area contributed by atoms with Gasteiger partial charge in [-0.15, -0.1) is 11.8 Å². The first kappa shape index (κ1) is 22.5. The van der Waals surface area contributed by atoms with Crippen LogP contribution in [0.25, 0.3) is 5.69 Å². The largest absolute Gasteiger partial charge is 0.316 e. The fourth-order valence-electron chi connectivity index (χ4n) is 3.08. The number of aromatic nitrogens is 1. The minimum absolute atomic E-state index is 0.126. The van der Waals surface area contributed by atoms with E-state index in [0.29, 0.717) is 10.0 Å². The van der Waals surface area contributed by atoms with Gasteiger partial charge in [0.2, 0.25) is 0 Å². The smallest absolute Gasteiger partial charge is 0.252 e. The maximum absolute atomic E-state index is 12.3. The van der Waals surface area contributed by atoms with Gasteiger partial charge in [0.25, 0.3) is 5.91 Å². The van der Waals surface area contributed by atoms with Crippen LogP contribution < -0.4 is 5.43 Å². The van der Waals surface area contributed by atoms with Crippen molar-refractivity contribution in [3.63, 3.8) is 0 Å². The molecule has 1 atom stereocenters. The molecule has 0 saturated heterocycles. The number of thioether (sulfide) groups is 1. The Bertz CT molecular complexity index is 1060. The summed E-state index contributed by atoms with van der Waals surface area (Å²) in [6.07, 6.45) is 1.66. The summed E-state index contributed by atoms with van der Waals surface area (Å²) < 4.78 is 2.02. The number of nitrogens with zero attached hydrogens (tertiary/aromatic N) is 2. The SMILES string of the molecule is Cc1cc(/C=N/NC(=O)C(C)SCc2ccccc2)c(C)n1-c1cccc(Cl)c1Cl. The molecule has 0 aliphatic rings. The summed E-state index contributed by atoms with van der Waals surface area (Å²) in [4.78, 5) is 12.3. The second-order valence-electron chi connectivity index (χ2n) is 6.91. The number of hydrogen-bond acceptors (Lipinski definition) is 3. The molecule has 1 unspecified atom stereocenters. The number of benzene rings is 2. The van der Waals surface area contributed by atoms with Crippen LogP contribution >= 0.6 is 35.0 Å². The van der Waals surface area contributed by atoms with Crippen LogP contribution in [0.4, 0.5) is 0 Å². The van der Waals surface area contributed by atoms with Crippen molar-refractivity contribution in [1.29, 1.82) is 0 Å². The summed E-state index contributed by atoms with van der Waals surface area (Å²) in [6, 6.07) is 17.6. The molecule has 1 heterocycles. The fraction of sp³-hybridized carbons (Fsp3) is 0.217. The van der Waals surface area contributed by atoms with Gasteiger partial charge in [-0.3, -0.25) is 4.79 Å². The van der Waals surface area contributed by atoms with Crippen LogP contribution in [0.1, 0.15) is 29.4 Å². The first-order valence-electron chi connectivity index (χ1n) is 9.50. The molecule has 2 aromatic carbocycles. The lowest BCUT2D eigenvalue weighted by Crippen LogP contribution is -2.27. The molecule has 0 radical (unpaired) electrons. The van der Waals surface area contributed by atoms with E-state index in [9.17, 15) is 4.79 Å². The molecule has 0 spiro atoms. The number of carbonyl (C=O) groups is 1. The van der Waals surface area contributed by atoms with E-state index in [-0.39, 0.29) is 11.2 Å². The highest BCUT2D eigenvalue weighted by molar-refractivity contribution is 7.99. The molecule has 0 saturated carbocycles. The molecule has 156 valence electrons. The lowest BCUT2D eigenvalue weighted by Gasteiger charge is -2.12. The van der Waals surface area contributed by atoms with Gasteiger partial charge in [0.1, 0.15) is 0 Å². The Morgan fingerprint density at radius 2 is 1.90 bits per heavy atom. The summed E-state index contributed by atoms with van der Waals surface area (Å²) in [6.45, 7) is 5.85. The molecule has 0 aliphatic carbocycles. The van der Waals surface area contributed by atoms with Gasteiger partial charge in [-0.2, -0.15) is 5.10 Å².